The first kappa shape index (κ1) is 22.0. The van der Waals surface area contributed by atoms with Crippen LogP contribution in [0.3, 0.4) is 0 Å². The Kier molecular flexibility index (Phi) is 6.95. The third-order valence-corrected chi connectivity index (χ3v) is 4.71. The molecule has 1 N–H and O–H groups in total. The Labute approximate surface area is 172 Å². The van der Waals surface area contributed by atoms with Crippen molar-refractivity contribution < 1.29 is 27.5 Å². The number of likely N-dealkylation sites (N-methyl/N-ethyl adjacent to an activating group) is 1. The van der Waals surface area contributed by atoms with Crippen molar-refractivity contribution in [3.8, 4) is 5.75 Å². The molecule has 0 bridgehead atoms. The van der Waals surface area contributed by atoms with Gasteiger partial charge >= 0.3 is 6.18 Å². The third-order valence-electron chi connectivity index (χ3n) is 3.69. The summed E-state index contributed by atoms with van der Waals surface area (Å²) in [5.74, 6) is -0.663. The van der Waals surface area contributed by atoms with Crippen LogP contribution in [0.5, 0.6) is 5.75 Å². The zero-order valence-corrected chi connectivity index (χ0v) is 17.1. The standard InChI is InChI=1S/C18H15BrClF3N2O3/c1-25(17(27)12-8-11(28-2)4-5-14(12)19)9-16(26)24-10-3-6-15(20)13(7-10)18(21,22)23/h3-8H,9H2,1-2H3,(H,24,26). The fourth-order valence-corrected chi connectivity index (χ4v) is 2.95. The van der Waals surface area contributed by atoms with Crippen LogP contribution in [0, 0.1) is 0 Å². The van der Waals surface area contributed by atoms with Crippen molar-refractivity contribution in [2.24, 2.45) is 0 Å². The van der Waals surface area contributed by atoms with E-state index < -0.39 is 28.6 Å². The Morgan fingerprint density at radius 2 is 1.89 bits per heavy atom. The molecule has 2 aromatic carbocycles. The molecule has 0 radical (unpaired) electrons. The minimum Gasteiger partial charge on any atom is -0.497 e. The molecule has 0 aliphatic rings. The van der Waals surface area contributed by atoms with E-state index in [0.29, 0.717) is 10.2 Å². The van der Waals surface area contributed by atoms with Gasteiger partial charge in [-0.05, 0) is 52.3 Å². The van der Waals surface area contributed by atoms with E-state index >= 15 is 0 Å². The van der Waals surface area contributed by atoms with Gasteiger partial charge in [0, 0.05) is 17.2 Å². The van der Waals surface area contributed by atoms with Crippen LogP contribution in [0.2, 0.25) is 5.02 Å². The van der Waals surface area contributed by atoms with Gasteiger partial charge in [-0.1, -0.05) is 11.6 Å². The van der Waals surface area contributed by atoms with Crippen molar-refractivity contribution in [3.63, 3.8) is 0 Å². The lowest BCUT2D eigenvalue weighted by Gasteiger charge is -2.18. The average Bonchev–Trinajstić information content (AvgIpc) is 2.62. The molecule has 10 heteroatoms. The van der Waals surface area contributed by atoms with E-state index in [4.69, 9.17) is 16.3 Å². The second kappa shape index (κ2) is 8.83. The van der Waals surface area contributed by atoms with E-state index in [1.54, 1.807) is 12.1 Å². The summed E-state index contributed by atoms with van der Waals surface area (Å²) in [5.41, 5.74) is -0.859. The van der Waals surface area contributed by atoms with Crippen LogP contribution in [0.25, 0.3) is 0 Å². The van der Waals surface area contributed by atoms with Crippen LogP contribution in [0.4, 0.5) is 18.9 Å². The molecule has 0 spiro atoms. The van der Waals surface area contributed by atoms with E-state index in [1.165, 1.54) is 26.3 Å². The second-order valence-corrected chi connectivity index (χ2v) is 7.01. The highest BCUT2D eigenvalue weighted by molar-refractivity contribution is 9.10. The van der Waals surface area contributed by atoms with Crippen molar-refractivity contribution >= 4 is 45.0 Å². The molecule has 0 aliphatic heterocycles. The van der Waals surface area contributed by atoms with Crippen molar-refractivity contribution in [2.75, 3.05) is 26.0 Å². The van der Waals surface area contributed by atoms with Gasteiger partial charge in [0.15, 0.2) is 0 Å². The molecule has 5 nitrogen and oxygen atoms in total. The van der Waals surface area contributed by atoms with Gasteiger partial charge in [-0.2, -0.15) is 13.2 Å². The third kappa shape index (κ3) is 5.39. The van der Waals surface area contributed by atoms with Gasteiger partial charge in [-0.15, -0.1) is 0 Å². The molecule has 0 aromatic heterocycles. The number of halogens is 5. The van der Waals surface area contributed by atoms with E-state index in [-0.39, 0.29) is 17.8 Å². The zero-order chi connectivity index (χ0) is 21.1. The van der Waals surface area contributed by atoms with Gasteiger partial charge in [0.2, 0.25) is 5.91 Å². The van der Waals surface area contributed by atoms with Gasteiger partial charge in [-0.25, -0.2) is 0 Å². The van der Waals surface area contributed by atoms with Gasteiger partial charge in [0.25, 0.3) is 5.91 Å². The van der Waals surface area contributed by atoms with Crippen LogP contribution in [-0.2, 0) is 11.0 Å². The molecule has 0 heterocycles. The quantitative estimate of drug-likeness (QED) is 0.668. The number of anilines is 1. The predicted molar refractivity (Wildman–Crippen MR) is 103 cm³/mol. The number of hydrogen-bond acceptors (Lipinski definition) is 3. The smallest absolute Gasteiger partial charge is 0.417 e. The molecule has 0 unspecified atom stereocenters. The van der Waals surface area contributed by atoms with Crippen molar-refractivity contribution in [1.82, 2.24) is 4.90 Å². The van der Waals surface area contributed by atoms with Crippen LogP contribution in [0.15, 0.2) is 40.9 Å². The molecular weight excluding hydrogens is 465 g/mol. The Bertz CT molecular complexity index is 906. The van der Waals surface area contributed by atoms with Crippen molar-refractivity contribution in [3.05, 3.63) is 57.0 Å². The van der Waals surface area contributed by atoms with Gasteiger partial charge in [-0.3, -0.25) is 9.59 Å². The monoisotopic (exact) mass is 478 g/mol. The summed E-state index contributed by atoms with van der Waals surface area (Å²) in [7, 11) is 2.85. The van der Waals surface area contributed by atoms with E-state index in [9.17, 15) is 22.8 Å². The summed E-state index contributed by atoms with van der Waals surface area (Å²) in [6.07, 6.45) is -4.65. The summed E-state index contributed by atoms with van der Waals surface area (Å²) >= 11 is 8.81. The van der Waals surface area contributed by atoms with Crippen LogP contribution >= 0.6 is 27.5 Å². The van der Waals surface area contributed by atoms with Crippen LogP contribution in [0.1, 0.15) is 15.9 Å². The minimum absolute atomic E-state index is 0.0786. The molecule has 2 amide bonds. The number of hydrogen-bond donors (Lipinski definition) is 1. The summed E-state index contributed by atoms with van der Waals surface area (Å²) in [5, 5.41) is 1.86. The molecule has 150 valence electrons. The number of carbonyl (C=O) groups is 2. The lowest BCUT2D eigenvalue weighted by atomic mass is 10.2. The minimum atomic E-state index is -4.65. The molecule has 0 saturated carbocycles. The number of alkyl halides is 3. The predicted octanol–water partition coefficient (Wildman–Crippen LogP) is 4.84. The summed E-state index contributed by atoms with van der Waals surface area (Å²) in [4.78, 5) is 25.8. The molecular formula is C18H15BrClF3N2O3. The van der Waals surface area contributed by atoms with E-state index in [1.807, 2.05) is 0 Å². The number of rotatable bonds is 5. The molecule has 0 atom stereocenters. The van der Waals surface area contributed by atoms with Crippen molar-refractivity contribution in [2.45, 2.75) is 6.18 Å². The summed E-state index contributed by atoms with van der Waals surface area (Å²) in [6.45, 7) is -0.369. The Morgan fingerprint density at radius 3 is 2.50 bits per heavy atom. The maximum atomic E-state index is 12.9. The molecule has 2 rings (SSSR count). The normalized spacial score (nSPS) is 11.1. The number of amides is 2. The highest BCUT2D eigenvalue weighted by Gasteiger charge is 2.33. The van der Waals surface area contributed by atoms with Gasteiger partial charge in [0.05, 0.1) is 29.8 Å². The maximum absolute atomic E-state index is 12.9. The first-order valence-corrected chi connectivity index (χ1v) is 8.95. The fraction of sp³-hybridized carbons (Fsp3) is 0.222. The van der Waals surface area contributed by atoms with Crippen LogP contribution < -0.4 is 10.1 Å². The highest BCUT2D eigenvalue weighted by Crippen LogP contribution is 2.36. The lowest BCUT2D eigenvalue weighted by Crippen LogP contribution is -2.35. The fourth-order valence-electron chi connectivity index (χ4n) is 2.31. The van der Waals surface area contributed by atoms with Gasteiger partial charge in [0.1, 0.15) is 5.75 Å². The Hall–Kier alpha value is -2.26. The number of methoxy groups -OCH3 is 1. The van der Waals surface area contributed by atoms with Crippen molar-refractivity contribution in [1.29, 1.82) is 0 Å². The Morgan fingerprint density at radius 1 is 1.21 bits per heavy atom. The van der Waals surface area contributed by atoms with E-state index in [2.05, 4.69) is 21.2 Å². The molecule has 2 aromatic rings. The molecule has 28 heavy (non-hydrogen) atoms. The summed E-state index contributed by atoms with van der Waals surface area (Å²) < 4.78 is 44.3. The molecule has 0 aliphatic carbocycles. The number of nitrogens with one attached hydrogen (secondary N) is 1. The highest BCUT2D eigenvalue weighted by atomic mass is 79.9. The SMILES string of the molecule is COc1ccc(Br)c(C(=O)N(C)CC(=O)Nc2ccc(Cl)c(C(F)(F)F)c2)c1. The maximum Gasteiger partial charge on any atom is 0.417 e. The average molecular weight is 480 g/mol. The van der Waals surface area contributed by atoms with Gasteiger partial charge < -0.3 is 15.0 Å². The zero-order valence-electron chi connectivity index (χ0n) is 14.7. The van der Waals surface area contributed by atoms with E-state index in [0.717, 1.165) is 17.0 Å². The Balaban J connectivity index is 2.10. The second-order valence-electron chi connectivity index (χ2n) is 5.75. The van der Waals surface area contributed by atoms with Crippen LogP contribution in [-0.4, -0.2) is 37.4 Å². The number of benzene rings is 2. The topological polar surface area (TPSA) is 58.6 Å². The first-order chi connectivity index (χ1) is 13.0. The number of ether oxygens (including phenoxy) is 1. The molecule has 0 fully saturated rings. The largest absolute Gasteiger partial charge is 0.497 e. The molecule has 0 saturated heterocycles. The first-order valence-electron chi connectivity index (χ1n) is 7.78. The number of carbonyl (C=O) groups excluding carboxylic acids is 2. The summed E-state index contributed by atoms with van der Waals surface area (Å²) in [6, 6.07) is 7.83. The number of nitrogens with zero attached hydrogens (tertiary/aromatic N) is 1. The lowest BCUT2D eigenvalue weighted by molar-refractivity contribution is -0.137.